The smallest absolute Gasteiger partial charge is 0.150 e. The molecular weight excluding hydrogens is 178 g/mol. The summed E-state index contributed by atoms with van der Waals surface area (Å²) in [5.41, 5.74) is 0. The first-order valence-electron chi connectivity index (χ1n) is 5.34. The first-order valence-corrected chi connectivity index (χ1v) is 5.34. The molecule has 1 aromatic rings. The molecule has 0 aliphatic carbocycles. The van der Waals surface area contributed by atoms with E-state index in [-0.39, 0.29) is 0 Å². The van der Waals surface area contributed by atoms with Crippen LogP contribution in [0.5, 0.6) is 0 Å². The molecule has 0 saturated carbocycles. The normalized spacial score (nSPS) is 10.7. The maximum absolute atomic E-state index is 5.24. The van der Waals surface area contributed by atoms with Crippen LogP contribution in [-0.4, -0.2) is 28.4 Å². The predicted molar refractivity (Wildman–Crippen MR) is 55.2 cm³/mol. The van der Waals surface area contributed by atoms with Crippen molar-refractivity contribution >= 4 is 0 Å². The van der Waals surface area contributed by atoms with Gasteiger partial charge >= 0.3 is 0 Å². The summed E-state index contributed by atoms with van der Waals surface area (Å²) in [6.45, 7) is 5.73. The minimum absolute atomic E-state index is 0.787. The number of H-pyrrole nitrogens is 1. The first kappa shape index (κ1) is 11.2. The van der Waals surface area contributed by atoms with E-state index in [4.69, 9.17) is 4.74 Å². The third-order valence-corrected chi connectivity index (χ3v) is 1.96. The molecule has 0 saturated heterocycles. The van der Waals surface area contributed by atoms with Gasteiger partial charge < -0.3 is 4.74 Å². The Bertz CT molecular complexity index is 247. The summed E-state index contributed by atoms with van der Waals surface area (Å²) in [6.07, 6.45) is 3.99. The summed E-state index contributed by atoms with van der Waals surface area (Å²) < 4.78 is 5.24. The second-order valence-corrected chi connectivity index (χ2v) is 3.25. The van der Waals surface area contributed by atoms with Crippen LogP contribution in [-0.2, 0) is 17.6 Å². The van der Waals surface area contributed by atoms with Crippen molar-refractivity contribution in [1.29, 1.82) is 0 Å². The first-order chi connectivity index (χ1) is 6.86. The Hall–Kier alpha value is -0.900. The SMILES string of the molecule is CCCc1nc(CCCOCC)n[nH]1. The summed E-state index contributed by atoms with van der Waals surface area (Å²) in [5.74, 6) is 1.91. The van der Waals surface area contributed by atoms with Gasteiger partial charge in [-0.15, -0.1) is 0 Å². The highest BCUT2D eigenvalue weighted by atomic mass is 16.5. The van der Waals surface area contributed by atoms with Gasteiger partial charge in [-0.25, -0.2) is 4.98 Å². The highest BCUT2D eigenvalue weighted by Crippen LogP contribution is 1.99. The number of ether oxygens (including phenoxy) is 1. The molecule has 4 heteroatoms. The topological polar surface area (TPSA) is 50.8 Å². The van der Waals surface area contributed by atoms with Crippen LogP contribution in [0.1, 0.15) is 38.3 Å². The Kier molecular flexibility index (Phi) is 5.22. The van der Waals surface area contributed by atoms with Crippen molar-refractivity contribution in [3.05, 3.63) is 11.6 Å². The molecule has 0 aliphatic heterocycles. The summed E-state index contributed by atoms with van der Waals surface area (Å²) in [4.78, 5) is 4.38. The zero-order valence-corrected chi connectivity index (χ0v) is 9.05. The van der Waals surface area contributed by atoms with Crippen molar-refractivity contribution in [2.24, 2.45) is 0 Å². The van der Waals surface area contributed by atoms with Crippen LogP contribution in [0, 0.1) is 0 Å². The van der Waals surface area contributed by atoms with Gasteiger partial charge in [0.15, 0.2) is 5.82 Å². The lowest BCUT2D eigenvalue weighted by molar-refractivity contribution is 0.145. The number of aromatic nitrogens is 3. The van der Waals surface area contributed by atoms with E-state index in [0.29, 0.717) is 0 Å². The van der Waals surface area contributed by atoms with Crippen LogP contribution in [0.3, 0.4) is 0 Å². The van der Waals surface area contributed by atoms with Crippen molar-refractivity contribution in [3.63, 3.8) is 0 Å². The highest BCUT2D eigenvalue weighted by Gasteiger charge is 2.01. The van der Waals surface area contributed by atoms with Crippen molar-refractivity contribution in [2.75, 3.05) is 13.2 Å². The van der Waals surface area contributed by atoms with E-state index in [0.717, 1.165) is 50.5 Å². The van der Waals surface area contributed by atoms with Gasteiger partial charge in [0.2, 0.25) is 0 Å². The van der Waals surface area contributed by atoms with Crippen LogP contribution in [0.25, 0.3) is 0 Å². The predicted octanol–water partition coefficient (Wildman–Crippen LogP) is 1.73. The molecule has 1 N–H and O–H groups in total. The van der Waals surface area contributed by atoms with Gasteiger partial charge in [-0.1, -0.05) is 6.92 Å². The van der Waals surface area contributed by atoms with Gasteiger partial charge in [0.1, 0.15) is 5.82 Å². The molecule has 1 rings (SSSR count). The minimum Gasteiger partial charge on any atom is -0.382 e. The number of rotatable bonds is 7. The fourth-order valence-electron chi connectivity index (χ4n) is 1.27. The summed E-state index contributed by atoms with van der Waals surface area (Å²) in [7, 11) is 0. The summed E-state index contributed by atoms with van der Waals surface area (Å²) in [5, 5.41) is 7.09. The zero-order valence-electron chi connectivity index (χ0n) is 9.05. The molecule has 0 spiro atoms. The Morgan fingerprint density at radius 2 is 2.14 bits per heavy atom. The fourth-order valence-corrected chi connectivity index (χ4v) is 1.27. The van der Waals surface area contributed by atoms with Crippen molar-refractivity contribution in [1.82, 2.24) is 15.2 Å². The van der Waals surface area contributed by atoms with Crippen molar-refractivity contribution in [2.45, 2.75) is 39.5 Å². The van der Waals surface area contributed by atoms with E-state index >= 15 is 0 Å². The summed E-state index contributed by atoms with van der Waals surface area (Å²) >= 11 is 0. The maximum atomic E-state index is 5.24. The van der Waals surface area contributed by atoms with E-state index in [1.54, 1.807) is 0 Å². The molecule has 0 amide bonds. The fraction of sp³-hybridized carbons (Fsp3) is 0.800. The molecule has 0 aromatic carbocycles. The molecule has 0 radical (unpaired) electrons. The molecule has 1 aromatic heterocycles. The number of hydrogen-bond donors (Lipinski definition) is 1. The van der Waals surface area contributed by atoms with Gasteiger partial charge in [-0.05, 0) is 19.8 Å². The molecule has 4 nitrogen and oxygen atoms in total. The number of hydrogen-bond acceptors (Lipinski definition) is 3. The third kappa shape index (κ3) is 3.87. The highest BCUT2D eigenvalue weighted by molar-refractivity contribution is 4.90. The van der Waals surface area contributed by atoms with E-state index in [1.165, 1.54) is 0 Å². The summed E-state index contributed by atoms with van der Waals surface area (Å²) in [6, 6.07) is 0. The second-order valence-electron chi connectivity index (χ2n) is 3.25. The minimum atomic E-state index is 0.787. The van der Waals surface area contributed by atoms with Crippen molar-refractivity contribution in [3.8, 4) is 0 Å². The Morgan fingerprint density at radius 1 is 1.29 bits per heavy atom. The lowest BCUT2D eigenvalue weighted by atomic mass is 10.3. The molecule has 0 fully saturated rings. The van der Waals surface area contributed by atoms with Gasteiger partial charge in [-0.3, -0.25) is 5.10 Å². The molecule has 0 unspecified atom stereocenters. The number of nitrogens with one attached hydrogen (secondary N) is 1. The third-order valence-electron chi connectivity index (χ3n) is 1.96. The standard InChI is InChI=1S/C10H19N3O/c1-3-6-9-11-10(13-12-9)7-5-8-14-4-2/h3-8H2,1-2H3,(H,11,12,13). The van der Waals surface area contributed by atoms with Crippen LogP contribution in [0.4, 0.5) is 0 Å². The lowest BCUT2D eigenvalue weighted by Gasteiger charge is -1.97. The van der Waals surface area contributed by atoms with Crippen LogP contribution >= 0.6 is 0 Å². The second kappa shape index (κ2) is 6.54. The molecule has 80 valence electrons. The van der Waals surface area contributed by atoms with Gasteiger partial charge in [0.05, 0.1) is 0 Å². The number of nitrogens with zero attached hydrogens (tertiary/aromatic N) is 2. The maximum Gasteiger partial charge on any atom is 0.150 e. The van der Waals surface area contributed by atoms with Crippen LogP contribution < -0.4 is 0 Å². The molecule has 0 atom stereocenters. The Morgan fingerprint density at radius 3 is 2.86 bits per heavy atom. The van der Waals surface area contributed by atoms with Crippen LogP contribution in [0.15, 0.2) is 0 Å². The van der Waals surface area contributed by atoms with E-state index in [1.807, 2.05) is 6.92 Å². The molecule has 14 heavy (non-hydrogen) atoms. The van der Waals surface area contributed by atoms with Crippen LogP contribution in [0.2, 0.25) is 0 Å². The van der Waals surface area contributed by atoms with E-state index < -0.39 is 0 Å². The zero-order chi connectivity index (χ0) is 10.2. The Balaban J connectivity index is 2.22. The molecular formula is C10H19N3O. The van der Waals surface area contributed by atoms with E-state index in [9.17, 15) is 0 Å². The van der Waals surface area contributed by atoms with E-state index in [2.05, 4.69) is 22.1 Å². The van der Waals surface area contributed by atoms with Gasteiger partial charge in [0, 0.05) is 26.1 Å². The molecule has 0 aliphatic rings. The monoisotopic (exact) mass is 197 g/mol. The number of aromatic amines is 1. The quantitative estimate of drug-likeness (QED) is 0.677. The number of aryl methyl sites for hydroxylation is 2. The Labute approximate surface area is 85.1 Å². The lowest BCUT2D eigenvalue weighted by Crippen LogP contribution is -1.97. The average molecular weight is 197 g/mol. The van der Waals surface area contributed by atoms with Crippen molar-refractivity contribution < 1.29 is 4.74 Å². The largest absolute Gasteiger partial charge is 0.382 e. The van der Waals surface area contributed by atoms with Gasteiger partial charge in [0.25, 0.3) is 0 Å². The molecule has 0 bridgehead atoms. The average Bonchev–Trinajstić information content (AvgIpc) is 2.61. The van der Waals surface area contributed by atoms with Gasteiger partial charge in [-0.2, -0.15) is 5.10 Å². The molecule has 1 heterocycles.